The summed E-state index contributed by atoms with van der Waals surface area (Å²) >= 11 is 5.97. The van der Waals surface area contributed by atoms with Crippen molar-refractivity contribution >= 4 is 29.2 Å². The van der Waals surface area contributed by atoms with Crippen molar-refractivity contribution in [1.29, 1.82) is 0 Å². The van der Waals surface area contributed by atoms with Gasteiger partial charge in [0, 0.05) is 55.0 Å². The Morgan fingerprint density at radius 1 is 1.45 bits per heavy atom. The van der Waals surface area contributed by atoms with Gasteiger partial charge in [-0.2, -0.15) is 5.10 Å². The Labute approximate surface area is 172 Å². The average Bonchev–Trinajstić information content (AvgIpc) is 3.36. The summed E-state index contributed by atoms with van der Waals surface area (Å²) < 4.78 is 5.27. The van der Waals surface area contributed by atoms with Gasteiger partial charge in [0.1, 0.15) is 6.10 Å². The molecule has 4 rings (SSSR count). The molecule has 0 radical (unpaired) electrons. The number of carbonyl (C=O) groups is 2. The van der Waals surface area contributed by atoms with Crippen molar-refractivity contribution < 1.29 is 19.2 Å². The Morgan fingerprint density at radius 2 is 2.31 bits per heavy atom. The Balaban J connectivity index is 1.44. The number of urea groups is 1. The molecule has 1 fully saturated rings. The predicted molar refractivity (Wildman–Crippen MR) is 106 cm³/mol. The number of nitrogens with one attached hydrogen (secondary N) is 2. The second kappa shape index (κ2) is 8.40. The minimum absolute atomic E-state index is 0.140. The zero-order chi connectivity index (χ0) is 20.4. The number of hydrogen-bond acceptors (Lipinski definition) is 5. The second-order valence-corrected chi connectivity index (χ2v) is 7.47. The molecule has 1 atom stereocenters. The Morgan fingerprint density at radius 3 is 3.07 bits per heavy atom. The van der Waals surface area contributed by atoms with Crippen molar-refractivity contribution in [2.45, 2.75) is 25.5 Å². The Bertz CT molecular complexity index is 912. The first-order valence-electron chi connectivity index (χ1n) is 9.41. The summed E-state index contributed by atoms with van der Waals surface area (Å²) in [7, 11) is 1.56. The molecule has 2 aliphatic rings. The van der Waals surface area contributed by atoms with Gasteiger partial charge in [-0.15, -0.1) is 0 Å². The third-order valence-electron chi connectivity index (χ3n) is 4.98. The highest BCUT2D eigenvalue weighted by molar-refractivity contribution is 6.30. The van der Waals surface area contributed by atoms with Crippen molar-refractivity contribution in [3.8, 4) is 0 Å². The van der Waals surface area contributed by atoms with E-state index >= 15 is 0 Å². The summed E-state index contributed by atoms with van der Waals surface area (Å²) in [5.74, 6) is -0.355. The molecule has 2 aliphatic heterocycles. The minimum atomic E-state index is -0.355. The number of halogens is 1. The summed E-state index contributed by atoms with van der Waals surface area (Å²) in [6.07, 6.45) is 1.19. The van der Waals surface area contributed by atoms with E-state index in [4.69, 9.17) is 21.2 Å². The van der Waals surface area contributed by atoms with Crippen LogP contribution in [0.2, 0.25) is 5.02 Å². The molecule has 9 nitrogen and oxygen atoms in total. The largest absolute Gasteiger partial charge is 0.379 e. The number of ether oxygens (including phenoxy) is 1. The Kier molecular flexibility index (Phi) is 5.70. The van der Waals surface area contributed by atoms with Gasteiger partial charge in [0.15, 0.2) is 5.69 Å². The molecule has 0 saturated carbocycles. The first kappa shape index (κ1) is 19.7. The summed E-state index contributed by atoms with van der Waals surface area (Å²) in [5.41, 5.74) is 2.45. The molecule has 10 heteroatoms. The Hall–Kier alpha value is -2.62. The molecule has 0 spiro atoms. The zero-order valence-electron chi connectivity index (χ0n) is 16.0. The number of benzene rings is 1. The van der Waals surface area contributed by atoms with Gasteiger partial charge in [-0.1, -0.05) is 17.7 Å². The second-order valence-electron chi connectivity index (χ2n) is 7.04. The zero-order valence-corrected chi connectivity index (χ0v) is 16.7. The molecule has 0 aliphatic carbocycles. The number of fused-ring (bicyclic) bond motifs is 1. The van der Waals surface area contributed by atoms with Gasteiger partial charge in [0.25, 0.3) is 5.91 Å². The summed E-state index contributed by atoms with van der Waals surface area (Å²) in [4.78, 5) is 32.8. The van der Waals surface area contributed by atoms with Gasteiger partial charge in [-0.3, -0.25) is 14.7 Å². The van der Waals surface area contributed by atoms with Crippen LogP contribution >= 0.6 is 11.6 Å². The van der Waals surface area contributed by atoms with Gasteiger partial charge in [-0.05, 0) is 18.2 Å². The van der Waals surface area contributed by atoms with E-state index in [0.717, 1.165) is 12.1 Å². The molecule has 29 heavy (non-hydrogen) atoms. The fraction of sp³-hybridized carbons (Fsp3) is 0.421. The highest BCUT2D eigenvalue weighted by atomic mass is 35.5. The number of aromatic amines is 1. The third kappa shape index (κ3) is 4.36. The van der Waals surface area contributed by atoms with Crippen LogP contribution in [-0.2, 0) is 22.5 Å². The normalized spacial score (nSPS) is 18.4. The van der Waals surface area contributed by atoms with E-state index < -0.39 is 0 Å². The fourth-order valence-corrected chi connectivity index (χ4v) is 3.62. The van der Waals surface area contributed by atoms with E-state index in [1.807, 2.05) is 0 Å². The van der Waals surface area contributed by atoms with Crippen LogP contribution in [0.1, 0.15) is 28.2 Å². The third-order valence-corrected chi connectivity index (χ3v) is 5.22. The lowest BCUT2D eigenvalue weighted by molar-refractivity contribution is -0.147. The van der Waals surface area contributed by atoms with E-state index in [1.54, 1.807) is 36.2 Å². The first-order valence-corrected chi connectivity index (χ1v) is 9.79. The molecule has 3 heterocycles. The van der Waals surface area contributed by atoms with Crippen LogP contribution in [0.15, 0.2) is 24.3 Å². The minimum Gasteiger partial charge on any atom is -0.379 e. The molecule has 3 amide bonds. The number of rotatable bonds is 4. The van der Waals surface area contributed by atoms with Crippen molar-refractivity contribution in [3.05, 3.63) is 46.2 Å². The van der Waals surface area contributed by atoms with E-state index in [0.29, 0.717) is 42.5 Å². The highest BCUT2D eigenvalue weighted by Crippen LogP contribution is 2.23. The molecular formula is C19H22ClN5O4. The highest BCUT2D eigenvalue weighted by Gasteiger charge is 2.30. The lowest BCUT2D eigenvalue weighted by atomic mass is 10.1. The van der Waals surface area contributed by atoms with Gasteiger partial charge in [0.2, 0.25) is 0 Å². The van der Waals surface area contributed by atoms with Crippen molar-refractivity contribution in [1.82, 2.24) is 20.2 Å². The first-order chi connectivity index (χ1) is 14.0. The number of H-pyrrole nitrogens is 1. The van der Waals surface area contributed by atoms with Crippen LogP contribution in [0.25, 0.3) is 0 Å². The molecule has 1 unspecified atom stereocenters. The molecular weight excluding hydrogens is 398 g/mol. The quantitative estimate of drug-likeness (QED) is 0.741. The maximum atomic E-state index is 12.8. The monoisotopic (exact) mass is 419 g/mol. The van der Waals surface area contributed by atoms with E-state index in [-0.39, 0.29) is 30.3 Å². The molecule has 1 aromatic heterocycles. The molecule has 2 N–H and O–H groups in total. The fourth-order valence-electron chi connectivity index (χ4n) is 3.43. The van der Waals surface area contributed by atoms with Crippen molar-refractivity contribution in [2.75, 3.05) is 32.1 Å². The smallest absolute Gasteiger partial charge is 0.322 e. The van der Waals surface area contributed by atoms with Crippen LogP contribution in [0.4, 0.5) is 10.5 Å². The number of nitrogens with zero attached hydrogens (tertiary/aromatic N) is 3. The lowest BCUT2D eigenvalue weighted by Gasteiger charge is -2.27. The van der Waals surface area contributed by atoms with Crippen LogP contribution < -0.4 is 5.32 Å². The number of carbonyl (C=O) groups excluding carboxylic acids is 2. The molecule has 1 aromatic carbocycles. The number of hydroxylamine groups is 2. The summed E-state index contributed by atoms with van der Waals surface area (Å²) in [6.45, 7) is 1.88. The predicted octanol–water partition coefficient (Wildman–Crippen LogP) is 2.45. The molecule has 0 bridgehead atoms. The van der Waals surface area contributed by atoms with E-state index in [1.165, 1.54) is 5.06 Å². The van der Waals surface area contributed by atoms with Gasteiger partial charge >= 0.3 is 6.03 Å². The van der Waals surface area contributed by atoms with Gasteiger partial charge < -0.3 is 15.0 Å². The van der Waals surface area contributed by atoms with Crippen LogP contribution in [0.5, 0.6) is 0 Å². The number of amides is 3. The van der Waals surface area contributed by atoms with Crippen LogP contribution in [-0.4, -0.2) is 65.0 Å². The van der Waals surface area contributed by atoms with Crippen molar-refractivity contribution in [3.63, 3.8) is 0 Å². The summed E-state index contributed by atoms with van der Waals surface area (Å²) in [5, 5.41) is 11.7. The van der Waals surface area contributed by atoms with Crippen LogP contribution in [0.3, 0.4) is 0 Å². The van der Waals surface area contributed by atoms with Crippen LogP contribution in [0, 0.1) is 0 Å². The topological polar surface area (TPSA) is 99.8 Å². The lowest BCUT2D eigenvalue weighted by Crippen LogP contribution is -2.40. The standard InChI is InChI=1S/C19H22ClN5O4/c1-24(29-14-6-8-28-11-14)18(26)17-15-10-25(7-5-16(15)22-23-17)19(27)21-13-4-2-3-12(20)9-13/h2-4,9,14H,5-8,10-11H2,1H3,(H,21,27)(H,22,23). The molecule has 1 saturated heterocycles. The SMILES string of the molecule is CN(OC1CCOC1)C(=O)c1n[nH]c2c1CN(C(=O)Nc1cccc(Cl)c1)CC2. The van der Waals surface area contributed by atoms with E-state index in [9.17, 15) is 9.59 Å². The van der Waals surface area contributed by atoms with Gasteiger partial charge in [0.05, 0.1) is 13.2 Å². The number of hydrogen-bond donors (Lipinski definition) is 2. The average molecular weight is 420 g/mol. The number of aromatic nitrogens is 2. The molecule has 2 aromatic rings. The van der Waals surface area contributed by atoms with Crippen molar-refractivity contribution in [2.24, 2.45) is 0 Å². The van der Waals surface area contributed by atoms with E-state index in [2.05, 4.69) is 15.5 Å². The van der Waals surface area contributed by atoms with Gasteiger partial charge in [-0.25, -0.2) is 9.86 Å². The maximum absolute atomic E-state index is 12.8. The number of anilines is 1. The molecule has 154 valence electrons. The maximum Gasteiger partial charge on any atom is 0.322 e. The summed E-state index contributed by atoms with van der Waals surface area (Å²) in [6, 6.07) is 6.70.